The second kappa shape index (κ2) is 6.69. The monoisotopic (exact) mass is 340 g/mol. The molecule has 0 aromatic heterocycles. The second-order valence-electron chi connectivity index (χ2n) is 6.05. The summed E-state index contributed by atoms with van der Waals surface area (Å²) in [6, 6.07) is 13.5. The molecule has 0 fully saturated rings. The lowest BCUT2D eigenvalue weighted by molar-refractivity contribution is -0.123. The van der Waals surface area contributed by atoms with Crippen molar-refractivity contribution in [2.75, 3.05) is 10.6 Å². The molecule has 0 spiro atoms. The molecule has 3 rings (SSSR count). The van der Waals surface area contributed by atoms with Gasteiger partial charge in [-0.2, -0.15) is 0 Å². The van der Waals surface area contributed by atoms with Gasteiger partial charge in [-0.15, -0.1) is 11.8 Å². The number of hydrogen-bond acceptors (Lipinski definition) is 3. The lowest BCUT2D eigenvalue weighted by atomic mass is 10.0. The van der Waals surface area contributed by atoms with Crippen molar-refractivity contribution in [1.82, 2.24) is 0 Å². The third kappa shape index (κ3) is 3.17. The Bertz CT molecular complexity index is 804. The molecule has 2 N–H and O–H groups in total. The van der Waals surface area contributed by atoms with Gasteiger partial charge in [-0.1, -0.05) is 31.2 Å². The van der Waals surface area contributed by atoms with Gasteiger partial charge in [0.1, 0.15) is 0 Å². The molecule has 0 aliphatic carbocycles. The molecular formula is C19H20N2O2S. The van der Waals surface area contributed by atoms with E-state index in [2.05, 4.69) is 10.6 Å². The summed E-state index contributed by atoms with van der Waals surface area (Å²) in [6.45, 7) is 5.79. The molecule has 2 aromatic rings. The highest BCUT2D eigenvalue weighted by Gasteiger charge is 2.35. The van der Waals surface area contributed by atoms with Crippen LogP contribution in [0.1, 0.15) is 18.1 Å². The van der Waals surface area contributed by atoms with Gasteiger partial charge in [0, 0.05) is 10.6 Å². The predicted molar refractivity (Wildman–Crippen MR) is 98.4 cm³/mol. The van der Waals surface area contributed by atoms with Gasteiger partial charge in [0.15, 0.2) is 0 Å². The Morgan fingerprint density at radius 1 is 1.17 bits per heavy atom. The molecule has 0 bridgehead atoms. The zero-order valence-electron chi connectivity index (χ0n) is 13.9. The van der Waals surface area contributed by atoms with E-state index in [4.69, 9.17) is 0 Å². The number of aryl methyl sites for hydroxylation is 1. The first-order chi connectivity index (χ1) is 11.5. The minimum Gasteiger partial charge on any atom is -0.326 e. The van der Waals surface area contributed by atoms with Crippen molar-refractivity contribution in [3.63, 3.8) is 0 Å². The van der Waals surface area contributed by atoms with E-state index in [0.29, 0.717) is 0 Å². The summed E-state index contributed by atoms with van der Waals surface area (Å²) < 4.78 is 0. The van der Waals surface area contributed by atoms with E-state index in [9.17, 15) is 9.59 Å². The average Bonchev–Trinajstić information content (AvgIpc) is 2.57. The summed E-state index contributed by atoms with van der Waals surface area (Å²) >= 11 is 1.45. The molecule has 2 atom stereocenters. The summed E-state index contributed by atoms with van der Waals surface area (Å²) in [5, 5.41) is 5.41. The second-order valence-corrected chi connectivity index (χ2v) is 7.23. The number of hydrogen-bond donors (Lipinski definition) is 2. The molecule has 124 valence electrons. The van der Waals surface area contributed by atoms with Gasteiger partial charge < -0.3 is 10.6 Å². The van der Waals surface area contributed by atoms with Crippen LogP contribution in [0.25, 0.3) is 0 Å². The highest BCUT2D eigenvalue weighted by Crippen LogP contribution is 2.38. The molecule has 5 heteroatoms. The van der Waals surface area contributed by atoms with Crippen molar-refractivity contribution in [2.45, 2.75) is 30.9 Å². The Balaban J connectivity index is 1.76. The largest absolute Gasteiger partial charge is 0.326 e. The van der Waals surface area contributed by atoms with E-state index >= 15 is 0 Å². The normalized spacial score (nSPS) is 17.6. The molecule has 2 unspecified atom stereocenters. The van der Waals surface area contributed by atoms with Crippen LogP contribution in [-0.4, -0.2) is 17.1 Å². The molecule has 1 aliphatic heterocycles. The molecule has 2 aromatic carbocycles. The van der Waals surface area contributed by atoms with Crippen molar-refractivity contribution in [2.24, 2.45) is 5.92 Å². The lowest BCUT2D eigenvalue weighted by Gasteiger charge is -2.27. The number of thioether (sulfide) groups is 1. The third-order valence-corrected chi connectivity index (χ3v) is 5.87. The van der Waals surface area contributed by atoms with E-state index < -0.39 is 11.2 Å². The number of amides is 2. The maximum atomic E-state index is 12.6. The maximum Gasteiger partial charge on any atom is 0.238 e. The van der Waals surface area contributed by atoms with Gasteiger partial charge in [-0.25, -0.2) is 0 Å². The van der Waals surface area contributed by atoms with Gasteiger partial charge >= 0.3 is 0 Å². The fourth-order valence-electron chi connectivity index (χ4n) is 2.67. The van der Waals surface area contributed by atoms with E-state index in [-0.39, 0.29) is 11.8 Å². The number of para-hydroxylation sites is 1. The van der Waals surface area contributed by atoms with Crippen LogP contribution >= 0.6 is 11.8 Å². The fraction of sp³-hybridized carbons (Fsp3) is 0.263. The van der Waals surface area contributed by atoms with Crippen molar-refractivity contribution in [3.8, 4) is 0 Å². The molecule has 1 heterocycles. The molecule has 0 radical (unpaired) electrons. The number of carbonyl (C=O) groups excluding carboxylic acids is 2. The summed E-state index contributed by atoms with van der Waals surface area (Å²) in [4.78, 5) is 26.0. The molecule has 4 nitrogen and oxygen atoms in total. The highest BCUT2D eigenvalue weighted by molar-refractivity contribution is 8.01. The van der Waals surface area contributed by atoms with Crippen LogP contribution in [0.5, 0.6) is 0 Å². The van der Waals surface area contributed by atoms with Crippen LogP contribution in [0, 0.1) is 19.8 Å². The number of nitrogens with one attached hydrogen (secondary N) is 2. The number of rotatable bonds is 3. The van der Waals surface area contributed by atoms with Crippen LogP contribution in [0.3, 0.4) is 0 Å². The molecule has 0 saturated heterocycles. The van der Waals surface area contributed by atoms with Crippen molar-refractivity contribution >= 4 is 35.0 Å². The number of fused-ring (bicyclic) bond motifs is 1. The Hall–Kier alpha value is -2.27. The first-order valence-corrected chi connectivity index (χ1v) is 8.79. The van der Waals surface area contributed by atoms with Crippen LogP contribution in [0.15, 0.2) is 47.4 Å². The Kier molecular flexibility index (Phi) is 4.62. The Morgan fingerprint density at radius 3 is 2.71 bits per heavy atom. The Labute approximate surface area is 146 Å². The summed E-state index contributed by atoms with van der Waals surface area (Å²) in [5.41, 5.74) is 3.78. The summed E-state index contributed by atoms with van der Waals surface area (Å²) in [5.74, 6) is -0.707. The van der Waals surface area contributed by atoms with Crippen LogP contribution in [-0.2, 0) is 9.59 Å². The number of anilines is 2. The van der Waals surface area contributed by atoms with Gasteiger partial charge in [0.25, 0.3) is 0 Å². The van der Waals surface area contributed by atoms with Crippen LogP contribution in [0.4, 0.5) is 11.4 Å². The van der Waals surface area contributed by atoms with Crippen molar-refractivity contribution in [1.29, 1.82) is 0 Å². The first kappa shape index (κ1) is 16.6. The topological polar surface area (TPSA) is 58.2 Å². The molecule has 24 heavy (non-hydrogen) atoms. The molecule has 1 aliphatic rings. The molecule has 2 amide bonds. The zero-order chi connectivity index (χ0) is 17.3. The van der Waals surface area contributed by atoms with Crippen LogP contribution in [0.2, 0.25) is 0 Å². The van der Waals surface area contributed by atoms with Crippen LogP contribution < -0.4 is 10.6 Å². The predicted octanol–water partition coefficient (Wildman–Crippen LogP) is 3.99. The van der Waals surface area contributed by atoms with Crippen molar-refractivity contribution in [3.05, 3.63) is 53.6 Å². The Morgan fingerprint density at radius 2 is 1.92 bits per heavy atom. The minimum absolute atomic E-state index is 0.123. The standard InChI is InChI=1S/C19H20N2O2S/c1-11-7-6-9-14(12(11)2)20-18(22)13(3)17-19(23)21-15-8-4-5-10-16(15)24-17/h4-10,13,17H,1-3H3,(H,20,22)(H,21,23). The zero-order valence-corrected chi connectivity index (χ0v) is 14.7. The summed E-state index contributed by atoms with van der Waals surface area (Å²) in [6.07, 6.45) is 0. The number of carbonyl (C=O) groups is 2. The third-order valence-electron chi connectivity index (χ3n) is 4.39. The quantitative estimate of drug-likeness (QED) is 0.888. The summed E-state index contributed by atoms with van der Waals surface area (Å²) in [7, 11) is 0. The van der Waals surface area contributed by atoms with Crippen molar-refractivity contribution < 1.29 is 9.59 Å². The maximum absolute atomic E-state index is 12.6. The molecule has 0 saturated carbocycles. The number of benzene rings is 2. The smallest absolute Gasteiger partial charge is 0.238 e. The van der Waals surface area contributed by atoms with Gasteiger partial charge in [-0.3, -0.25) is 9.59 Å². The van der Waals surface area contributed by atoms with E-state index in [0.717, 1.165) is 27.4 Å². The molecular weight excluding hydrogens is 320 g/mol. The van der Waals surface area contributed by atoms with Gasteiger partial charge in [-0.05, 0) is 43.2 Å². The highest BCUT2D eigenvalue weighted by atomic mass is 32.2. The average molecular weight is 340 g/mol. The fourth-order valence-corrected chi connectivity index (χ4v) is 3.84. The van der Waals surface area contributed by atoms with E-state index in [1.807, 2.05) is 56.3 Å². The van der Waals surface area contributed by atoms with E-state index in [1.165, 1.54) is 11.8 Å². The van der Waals surface area contributed by atoms with Gasteiger partial charge in [0.05, 0.1) is 16.9 Å². The van der Waals surface area contributed by atoms with Gasteiger partial charge in [0.2, 0.25) is 11.8 Å². The minimum atomic E-state index is -0.441. The van der Waals surface area contributed by atoms with E-state index in [1.54, 1.807) is 6.92 Å². The lowest BCUT2D eigenvalue weighted by Crippen LogP contribution is -2.39. The SMILES string of the molecule is Cc1cccc(NC(=O)C(C)C2Sc3ccccc3NC2=O)c1C. The first-order valence-electron chi connectivity index (χ1n) is 7.91.